The van der Waals surface area contributed by atoms with Gasteiger partial charge in [-0.15, -0.1) is 12.4 Å². The molecule has 14 heavy (non-hydrogen) atoms. The van der Waals surface area contributed by atoms with Crippen LogP contribution in [0.4, 0.5) is 4.39 Å². The van der Waals surface area contributed by atoms with E-state index < -0.39 is 5.82 Å². The van der Waals surface area contributed by atoms with E-state index in [1.54, 1.807) is 6.07 Å². The van der Waals surface area contributed by atoms with Crippen molar-refractivity contribution >= 4 is 50.8 Å². The maximum Gasteiger partial charge on any atom is 0.150 e. The molecule has 2 aromatic rings. The molecule has 0 N–H and O–H groups in total. The van der Waals surface area contributed by atoms with Crippen LogP contribution in [0.25, 0.3) is 10.9 Å². The van der Waals surface area contributed by atoms with Crippen molar-refractivity contribution in [2.24, 2.45) is 0 Å². The summed E-state index contributed by atoms with van der Waals surface area (Å²) in [6.07, 6.45) is 1.24. The molecule has 0 atom stereocenters. The summed E-state index contributed by atoms with van der Waals surface area (Å²) in [5.74, 6) is -0.409. The highest BCUT2D eigenvalue weighted by Crippen LogP contribution is 2.25. The van der Waals surface area contributed by atoms with E-state index in [0.717, 1.165) is 0 Å². The largest absolute Gasteiger partial charge is 0.233 e. The van der Waals surface area contributed by atoms with E-state index in [0.29, 0.717) is 9.86 Å². The molecule has 0 bridgehead atoms. The van der Waals surface area contributed by atoms with E-state index in [4.69, 9.17) is 11.6 Å². The van der Waals surface area contributed by atoms with E-state index >= 15 is 0 Å². The van der Waals surface area contributed by atoms with Crippen molar-refractivity contribution in [3.8, 4) is 0 Å². The summed E-state index contributed by atoms with van der Waals surface area (Å²) in [5.41, 5.74) is 0.239. The summed E-state index contributed by atoms with van der Waals surface area (Å²) in [7, 11) is 0. The highest BCUT2D eigenvalue weighted by Gasteiger charge is 2.07. The van der Waals surface area contributed by atoms with Crippen molar-refractivity contribution in [3.63, 3.8) is 0 Å². The molecule has 0 unspecified atom stereocenters. The lowest BCUT2D eigenvalue weighted by molar-refractivity contribution is 0.635. The van der Waals surface area contributed by atoms with Crippen LogP contribution in [0.1, 0.15) is 0 Å². The third kappa shape index (κ3) is 1.97. The van der Waals surface area contributed by atoms with E-state index in [-0.39, 0.29) is 23.1 Å². The molecule has 0 spiro atoms. The molecule has 1 aromatic carbocycles. The summed E-state index contributed by atoms with van der Waals surface area (Å²) in [6, 6.07) is 3.02. The molecule has 0 saturated heterocycles. The minimum absolute atomic E-state index is 0. The Bertz CT molecular complexity index is 478. The Kier molecular flexibility index (Phi) is 3.64. The maximum absolute atomic E-state index is 13.2. The van der Waals surface area contributed by atoms with Gasteiger partial charge in [0.2, 0.25) is 0 Å². The van der Waals surface area contributed by atoms with Crippen LogP contribution in [0.5, 0.6) is 0 Å². The highest BCUT2D eigenvalue weighted by molar-refractivity contribution is 9.10. The number of hydrogen-bond acceptors (Lipinski definition) is 2. The SMILES string of the molecule is Cl.Fc1cc(Br)cc2c(Cl)ncnc12. The van der Waals surface area contributed by atoms with Gasteiger partial charge >= 0.3 is 0 Å². The van der Waals surface area contributed by atoms with E-state index in [1.165, 1.54) is 12.4 Å². The zero-order valence-electron chi connectivity index (χ0n) is 6.67. The van der Waals surface area contributed by atoms with Crippen LogP contribution in [-0.2, 0) is 0 Å². The van der Waals surface area contributed by atoms with Crippen LogP contribution in [0.2, 0.25) is 5.15 Å². The zero-order valence-corrected chi connectivity index (χ0v) is 9.83. The van der Waals surface area contributed by atoms with Crippen molar-refractivity contribution in [2.75, 3.05) is 0 Å². The number of aromatic nitrogens is 2. The highest BCUT2D eigenvalue weighted by atomic mass is 79.9. The molecule has 0 amide bonds. The molecule has 0 saturated carbocycles. The summed E-state index contributed by atoms with van der Waals surface area (Å²) in [5, 5.41) is 0.765. The monoisotopic (exact) mass is 296 g/mol. The Morgan fingerprint density at radius 2 is 2.00 bits per heavy atom. The molecular weight excluding hydrogens is 294 g/mol. The minimum atomic E-state index is -0.409. The molecule has 2 nitrogen and oxygen atoms in total. The minimum Gasteiger partial charge on any atom is -0.233 e. The van der Waals surface area contributed by atoms with Crippen molar-refractivity contribution in [1.29, 1.82) is 0 Å². The van der Waals surface area contributed by atoms with Gasteiger partial charge in [-0.3, -0.25) is 0 Å². The standard InChI is InChI=1S/C8H3BrClFN2.ClH/c9-4-1-5-7(6(11)2-4)12-3-13-8(5)10;/h1-3H;1H. The number of fused-ring (bicyclic) bond motifs is 1. The average Bonchev–Trinajstić information content (AvgIpc) is 2.07. The Morgan fingerprint density at radius 3 is 2.71 bits per heavy atom. The molecule has 2 rings (SSSR count). The van der Waals surface area contributed by atoms with Crippen LogP contribution in [0, 0.1) is 5.82 Å². The van der Waals surface area contributed by atoms with Crippen LogP contribution in [0.3, 0.4) is 0 Å². The fourth-order valence-electron chi connectivity index (χ4n) is 1.06. The van der Waals surface area contributed by atoms with Gasteiger partial charge in [0.1, 0.15) is 17.0 Å². The van der Waals surface area contributed by atoms with Gasteiger partial charge in [0.15, 0.2) is 5.82 Å². The second kappa shape index (κ2) is 4.38. The van der Waals surface area contributed by atoms with Crippen molar-refractivity contribution in [3.05, 3.63) is 33.9 Å². The predicted octanol–water partition coefficient (Wildman–Crippen LogP) is 3.61. The van der Waals surface area contributed by atoms with E-state index in [2.05, 4.69) is 25.9 Å². The number of nitrogens with zero attached hydrogens (tertiary/aromatic N) is 2. The van der Waals surface area contributed by atoms with Gasteiger partial charge in [-0.1, -0.05) is 27.5 Å². The lowest BCUT2D eigenvalue weighted by atomic mass is 10.2. The fraction of sp³-hybridized carbons (Fsp3) is 0. The van der Waals surface area contributed by atoms with Crippen LogP contribution < -0.4 is 0 Å². The quantitative estimate of drug-likeness (QED) is 0.694. The zero-order chi connectivity index (χ0) is 9.42. The molecule has 0 fully saturated rings. The van der Waals surface area contributed by atoms with Gasteiger partial charge in [-0.05, 0) is 12.1 Å². The summed E-state index contributed by atoms with van der Waals surface area (Å²) >= 11 is 8.93. The first-order valence-electron chi connectivity index (χ1n) is 3.44. The average molecular weight is 298 g/mol. The van der Waals surface area contributed by atoms with Crippen molar-refractivity contribution < 1.29 is 4.39 Å². The molecule has 0 aliphatic rings. The molecular formula is C8H4BrCl2FN2. The van der Waals surface area contributed by atoms with Crippen molar-refractivity contribution in [2.45, 2.75) is 0 Å². The summed E-state index contributed by atoms with van der Waals surface area (Å²) < 4.78 is 13.9. The van der Waals surface area contributed by atoms with Gasteiger partial charge in [0, 0.05) is 9.86 Å². The van der Waals surface area contributed by atoms with Gasteiger partial charge in [-0.25, -0.2) is 14.4 Å². The van der Waals surface area contributed by atoms with E-state index in [9.17, 15) is 4.39 Å². The fourth-order valence-corrected chi connectivity index (χ4v) is 1.68. The molecule has 0 aliphatic carbocycles. The van der Waals surface area contributed by atoms with Gasteiger partial charge in [-0.2, -0.15) is 0 Å². The molecule has 74 valence electrons. The lowest BCUT2D eigenvalue weighted by Gasteiger charge is -2.00. The molecule has 0 radical (unpaired) electrons. The van der Waals surface area contributed by atoms with Crippen LogP contribution in [-0.4, -0.2) is 9.97 Å². The molecule has 1 aromatic heterocycles. The Morgan fingerprint density at radius 1 is 1.29 bits per heavy atom. The normalized spacial score (nSPS) is 9.93. The van der Waals surface area contributed by atoms with E-state index in [1.807, 2.05) is 0 Å². The first-order chi connectivity index (χ1) is 6.18. The third-order valence-electron chi connectivity index (χ3n) is 1.61. The third-order valence-corrected chi connectivity index (χ3v) is 2.37. The van der Waals surface area contributed by atoms with Gasteiger partial charge < -0.3 is 0 Å². The maximum atomic E-state index is 13.2. The van der Waals surface area contributed by atoms with Crippen LogP contribution in [0.15, 0.2) is 22.9 Å². The first-order valence-corrected chi connectivity index (χ1v) is 4.61. The molecule has 0 aliphatic heterocycles. The topological polar surface area (TPSA) is 25.8 Å². The van der Waals surface area contributed by atoms with Gasteiger partial charge in [0.05, 0.1) is 0 Å². The number of hydrogen-bond donors (Lipinski definition) is 0. The first kappa shape index (κ1) is 11.6. The Labute approximate surface area is 99.0 Å². The molecule has 6 heteroatoms. The molecule has 1 heterocycles. The lowest BCUT2D eigenvalue weighted by Crippen LogP contribution is -1.87. The predicted molar refractivity (Wildman–Crippen MR) is 59.5 cm³/mol. The van der Waals surface area contributed by atoms with Gasteiger partial charge in [0.25, 0.3) is 0 Å². The van der Waals surface area contributed by atoms with Crippen LogP contribution >= 0.6 is 39.9 Å². The second-order valence-electron chi connectivity index (χ2n) is 2.45. The Hall–Kier alpha value is -0.450. The van der Waals surface area contributed by atoms with Crippen molar-refractivity contribution in [1.82, 2.24) is 9.97 Å². The number of halogens is 4. The summed E-state index contributed by atoms with van der Waals surface area (Å²) in [6.45, 7) is 0. The number of rotatable bonds is 0. The second-order valence-corrected chi connectivity index (χ2v) is 3.72. The Balaban J connectivity index is 0.000000980. The summed E-state index contributed by atoms with van der Waals surface area (Å²) in [4.78, 5) is 7.55. The smallest absolute Gasteiger partial charge is 0.150 e. The number of benzene rings is 1.